The molecule has 1 atom stereocenters. The third-order valence-electron chi connectivity index (χ3n) is 5.55. The number of nitrogens with one attached hydrogen (secondary N) is 2. The summed E-state index contributed by atoms with van der Waals surface area (Å²) in [4.78, 5) is 8.92. The minimum Gasteiger partial charge on any atom is -0.377 e. The summed E-state index contributed by atoms with van der Waals surface area (Å²) in [6.07, 6.45) is 11.7. The molecule has 27 heavy (non-hydrogen) atoms. The quantitative estimate of drug-likeness (QED) is 0.266. The molecule has 2 heterocycles. The number of aromatic nitrogens is 3. The van der Waals surface area contributed by atoms with Crippen molar-refractivity contribution in [1.29, 1.82) is 0 Å². The van der Waals surface area contributed by atoms with Crippen LogP contribution in [0.25, 0.3) is 0 Å². The second kappa shape index (κ2) is 11.8. The Balaban J connectivity index is 0.00000261. The highest BCUT2D eigenvalue weighted by Crippen LogP contribution is 2.26. The van der Waals surface area contributed by atoms with E-state index in [1.807, 2.05) is 11.7 Å². The highest BCUT2D eigenvalue weighted by Gasteiger charge is 2.22. The molecule has 1 saturated carbocycles. The van der Waals surface area contributed by atoms with Crippen LogP contribution >= 0.6 is 24.0 Å². The number of hydrogen-bond donors (Lipinski definition) is 2. The Bertz CT molecular complexity index is 585. The van der Waals surface area contributed by atoms with Crippen molar-refractivity contribution in [3.8, 4) is 0 Å². The van der Waals surface area contributed by atoms with Gasteiger partial charge in [0, 0.05) is 33.2 Å². The van der Waals surface area contributed by atoms with E-state index in [-0.39, 0.29) is 24.0 Å². The van der Waals surface area contributed by atoms with Crippen LogP contribution < -0.4 is 10.6 Å². The van der Waals surface area contributed by atoms with E-state index in [1.165, 1.54) is 44.9 Å². The maximum Gasteiger partial charge on any atom is 0.191 e. The van der Waals surface area contributed by atoms with E-state index >= 15 is 0 Å². The fourth-order valence-corrected chi connectivity index (χ4v) is 4.13. The van der Waals surface area contributed by atoms with Gasteiger partial charge in [0.2, 0.25) is 0 Å². The van der Waals surface area contributed by atoms with E-state index in [9.17, 15) is 0 Å². The average molecular weight is 490 g/mol. The molecule has 0 radical (unpaired) electrons. The van der Waals surface area contributed by atoms with Gasteiger partial charge >= 0.3 is 0 Å². The van der Waals surface area contributed by atoms with Crippen LogP contribution in [0, 0.1) is 5.92 Å². The standard InChI is InChI=1S/C19H34N6O.HI/c1-20-19(21-12-6-9-15-7-4-3-5-8-15)22-16-10-11-18-23-17(14-26-2)24-25(18)13-16;/h15-16H,3-14H2,1-2H3,(H2,20,21,22);1H. The van der Waals surface area contributed by atoms with E-state index in [0.717, 1.165) is 49.5 Å². The van der Waals surface area contributed by atoms with Gasteiger partial charge in [-0.15, -0.1) is 24.0 Å². The smallest absolute Gasteiger partial charge is 0.191 e. The molecule has 154 valence electrons. The first-order valence-corrected chi connectivity index (χ1v) is 10.2. The Morgan fingerprint density at radius 1 is 1.26 bits per heavy atom. The van der Waals surface area contributed by atoms with Gasteiger partial charge in [-0.1, -0.05) is 32.1 Å². The van der Waals surface area contributed by atoms with E-state index in [4.69, 9.17) is 4.74 Å². The number of fused-ring (bicyclic) bond motifs is 1. The van der Waals surface area contributed by atoms with Crippen LogP contribution in [0.15, 0.2) is 4.99 Å². The van der Waals surface area contributed by atoms with E-state index < -0.39 is 0 Å². The monoisotopic (exact) mass is 490 g/mol. The Morgan fingerprint density at radius 3 is 2.81 bits per heavy atom. The summed E-state index contributed by atoms with van der Waals surface area (Å²) in [5.41, 5.74) is 0. The maximum absolute atomic E-state index is 5.13. The average Bonchev–Trinajstić information content (AvgIpc) is 3.07. The van der Waals surface area contributed by atoms with Crippen molar-refractivity contribution < 1.29 is 4.74 Å². The third kappa shape index (κ3) is 6.89. The lowest BCUT2D eigenvalue weighted by Crippen LogP contribution is -2.47. The maximum atomic E-state index is 5.13. The van der Waals surface area contributed by atoms with Gasteiger partial charge in [-0.05, 0) is 25.2 Å². The van der Waals surface area contributed by atoms with Crippen molar-refractivity contribution in [2.24, 2.45) is 10.9 Å². The molecule has 1 aromatic heterocycles. The predicted molar refractivity (Wildman–Crippen MR) is 119 cm³/mol. The first-order valence-electron chi connectivity index (χ1n) is 10.2. The summed E-state index contributed by atoms with van der Waals surface area (Å²) in [6, 6.07) is 0.337. The van der Waals surface area contributed by atoms with Gasteiger partial charge in [-0.2, -0.15) is 5.10 Å². The van der Waals surface area contributed by atoms with Gasteiger partial charge in [0.1, 0.15) is 12.4 Å². The van der Waals surface area contributed by atoms with Crippen LogP contribution in [-0.4, -0.2) is 47.5 Å². The lowest BCUT2D eigenvalue weighted by Gasteiger charge is -2.25. The van der Waals surface area contributed by atoms with Crippen LogP contribution in [0.5, 0.6) is 0 Å². The Kier molecular flexibility index (Phi) is 9.81. The summed E-state index contributed by atoms with van der Waals surface area (Å²) < 4.78 is 7.14. The number of ether oxygens (including phenoxy) is 1. The molecule has 0 amide bonds. The number of aliphatic imine (C=N–C) groups is 1. The molecule has 1 aliphatic carbocycles. The molecule has 2 aliphatic rings. The minimum atomic E-state index is 0. The van der Waals surface area contributed by atoms with Crippen molar-refractivity contribution in [3.63, 3.8) is 0 Å². The van der Waals surface area contributed by atoms with Crippen molar-refractivity contribution in [2.75, 3.05) is 20.7 Å². The van der Waals surface area contributed by atoms with Gasteiger partial charge in [0.15, 0.2) is 11.8 Å². The van der Waals surface area contributed by atoms with Crippen molar-refractivity contribution >= 4 is 29.9 Å². The van der Waals surface area contributed by atoms with Crippen LogP contribution in [0.3, 0.4) is 0 Å². The lowest BCUT2D eigenvalue weighted by molar-refractivity contribution is 0.177. The third-order valence-corrected chi connectivity index (χ3v) is 5.55. The molecule has 1 fully saturated rings. The number of aryl methyl sites for hydroxylation is 1. The van der Waals surface area contributed by atoms with Crippen LogP contribution in [0.2, 0.25) is 0 Å². The normalized spacial score (nSPS) is 20.7. The molecule has 0 spiro atoms. The fraction of sp³-hybridized carbons (Fsp3) is 0.842. The summed E-state index contributed by atoms with van der Waals surface area (Å²) >= 11 is 0. The highest BCUT2D eigenvalue weighted by atomic mass is 127. The molecule has 2 N–H and O–H groups in total. The van der Waals surface area contributed by atoms with Gasteiger partial charge in [-0.25, -0.2) is 9.67 Å². The minimum absolute atomic E-state index is 0. The zero-order chi connectivity index (χ0) is 18.2. The molecule has 0 aromatic carbocycles. The highest BCUT2D eigenvalue weighted by molar-refractivity contribution is 14.0. The van der Waals surface area contributed by atoms with Gasteiger partial charge in [0.25, 0.3) is 0 Å². The molecule has 1 unspecified atom stereocenters. The zero-order valence-electron chi connectivity index (χ0n) is 16.7. The molecular formula is C19H35IN6O. The van der Waals surface area contributed by atoms with Crippen LogP contribution in [0.4, 0.5) is 0 Å². The first-order chi connectivity index (χ1) is 12.8. The SMILES string of the molecule is CN=C(NCCCC1CCCCC1)NC1CCc2nc(COC)nn2C1.I. The van der Waals surface area contributed by atoms with Crippen LogP contribution in [-0.2, 0) is 24.3 Å². The number of methoxy groups -OCH3 is 1. The van der Waals surface area contributed by atoms with Crippen molar-refractivity contribution in [1.82, 2.24) is 25.4 Å². The molecule has 1 aliphatic heterocycles. The lowest BCUT2D eigenvalue weighted by atomic mass is 9.86. The largest absolute Gasteiger partial charge is 0.377 e. The van der Waals surface area contributed by atoms with E-state index in [1.54, 1.807) is 7.11 Å². The van der Waals surface area contributed by atoms with E-state index in [0.29, 0.717) is 12.6 Å². The van der Waals surface area contributed by atoms with Gasteiger partial charge in [0.05, 0.1) is 6.54 Å². The zero-order valence-corrected chi connectivity index (χ0v) is 19.1. The summed E-state index contributed by atoms with van der Waals surface area (Å²) in [5.74, 6) is 3.68. The molecule has 7 nitrogen and oxygen atoms in total. The Labute approximate surface area is 180 Å². The van der Waals surface area contributed by atoms with Crippen molar-refractivity contribution in [3.05, 3.63) is 11.6 Å². The summed E-state index contributed by atoms with van der Waals surface area (Å²) in [6.45, 7) is 2.30. The molecule has 3 rings (SSSR count). The summed E-state index contributed by atoms with van der Waals surface area (Å²) in [5, 5.41) is 11.6. The number of guanidine groups is 1. The molecule has 8 heteroatoms. The molecule has 0 bridgehead atoms. The summed E-state index contributed by atoms with van der Waals surface area (Å²) in [7, 11) is 3.52. The number of halogens is 1. The van der Waals surface area contributed by atoms with Crippen molar-refractivity contribution in [2.45, 2.75) is 77.0 Å². The van der Waals surface area contributed by atoms with E-state index in [2.05, 4.69) is 25.7 Å². The second-order valence-corrected chi connectivity index (χ2v) is 7.58. The number of nitrogens with zero attached hydrogens (tertiary/aromatic N) is 4. The number of hydrogen-bond acceptors (Lipinski definition) is 4. The Hall–Kier alpha value is -0.900. The molecule has 1 aromatic rings. The van der Waals surface area contributed by atoms with Gasteiger partial charge < -0.3 is 15.4 Å². The Morgan fingerprint density at radius 2 is 2.07 bits per heavy atom. The molecule has 0 saturated heterocycles. The predicted octanol–water partition coefficient (Wildman–Crippen LogP) is 2.88. The van der Waals surface area contributed by atoms with Crippen LogP contribution in [0.1, 0.15) is 63.0 Å². The molecular weight excluding hydrogens is 455 g/mol. The van der Waals surface area contributed by atoms with Gasteiger partial charge in [-0.3, -0.25) is 4.99 Å². The topological polar surface area (TPSA) is 76.4 Å². The first kappa shape index (κ1) is 22.4. The number of rotatable bonds is 7. The fourth-order valence-electron chi connectivity index (χ4n) is 4.13. The second-order valence-electron chi connectivity index (χ2n) is 7.58.